The average molecular weight is 401 g/mol. The number of ether oxygens (including phenoxy) is 2. The standard InChI is InChI=1S/C22H19N3O4/c1-24-10-19(26)25-16(22(24)27)9-14-13-4-2-3-5-15(13)23-20(14)21(25)12-6-7-17-18(8-12)29-11-28-17/h2-8,16,21,23H,9-11H2,1H3/t16-,21-/m1/s1/i1D3,2D,3D,4D,5D,10D2,11D2,21D. The molecule has 1 N–H and O–H groups in total. The van der Waals surface area contributed by atoms with Crippen LogP contribution in [0.4, 0.5) is 0 Å². The summed E-state index contributed by atoms with van der Waals surface area (Å²) in [5.41, 5.74) is -0.433. The quantitative estimate of drug-likeness (QED) is 0.678. The lowest BCUT2D eigenvalue weighted by Gasteiger charge is -2.46. The smallest absolute Gasteiger partial charge is 0.245 e. The zero-order valence-electron chi connectivity index (χ0n) is 26.5. The number of carbonyl (C=O) groups is 2. The van der Waals surface area contributed by atoms with E-state index in [2.05, 4.69) is 4.98 Å². The molecule has 3 aliphatic heterocycles. The number of para-hydroxylation sites is 1. The van der Waals surface area contributed by atoms with E-state index in [1.54, 1.807) is 0 Å². The molecule has 7 heteroatoms. The van der Waals surface area contributed by atoms with Crippen LogP contribution >= 0.6 is 0 Å². The normalized spacial score (nSPS) is 35.2. The number of carbonyl (C=O) groups excluding carboxylic acids is 2. The van der Waals surface area contributed by atoms with E-state index in [1.165, 1.54) is 12.1 Å². The second kappa shape index (κ2) is 5.76. The van der Waals surface area contributed by atoms with Crippen LogP contribution < -0.4 is 9.47 Å². The van der Waals surface area contributed by atoms with Crippen LogP contribution in [0.3, 0.4) is 0 Å². The van der Waals surface area contributed by atoms with Gasteiger partial charge in [0.2, 0.25) is 18.6 Å². The fourth-order valence-corrected chi connectivity index (χ4v) is 3.93. The van der Waals surface area contributed by atoms with Gasteiger partial charge in [-0.05, 0) is 29.3 Å². The van der Waals surface area contributed by atoms with E-state index in [4.69, 9.17) is 24.6 Å². The van der Waals surface area contributed by atoms with Crippen LogP contribution in [0.1, 0.15) is 39.3 Å². The maximum Gasteiger partial charge on any atom is 0.245 e. The summed E-state index contributed by atoms with van der Waals surface area (Å²) >= 11 is 0. The van der Waals surface area contributed by atoms with Crippen molar-refractivity contribution in [3.63, 3.8) is 0 Å². The number of aromatic nitrogens is 1. The third-order valence-electron chi connectivity index (χ3n) is 5.18. The van der Waals surface area contributed by atoms with Gasteiger partial charge in [0.05, 0.1) is 22.1 Å². The summed E-state index contributed by atoms with van der Waals surface area (Å²) in [6, 6.07) is -2.82. The van der Waals surface area contributed by atoms with Gasteiger partial charge in [-0.2, -0.15) is 0 Å². The fraction of sp³-hybridized carbons (Fsp3) is 0.273. The summed E-state index contributed by atoms with van der Waals surface area (Å²) < 4.78 is 108. The first-order chi connectivity index (χ1) is 18.8. The van der Waals surface area contributed by atoms with E-state index in [0.717, 1.165) is 6.07 Å². The molecule has 0 unspecified atom stereocenters. The van der Waals surface area contributed by atoms with Crippen molar-refractivity contribution >= 4 is 22.7 Å². The molecular formula is C22H19N3O4. The lowest BCUT2D eigenvalue weighted by atomic mass is 9.86. The number of H-pyrrole nitrogens is 1. The topological polar surface area (TPSA) is 74.9 Å². The Morgan fingerprint density at radius 3 is 3.03 bits per heavy atom. The Balaban J connectivity index is 1.69. The molecule has 146 valence electrons. The number of amides is 2. The summed E-state index contributed by atoms with van der Waals surface area (Å²) in [6.07, 6.45) is -0.488. The number of likely N-dealkylation sites (N-methyl/N-ethyl adjacent to an activating group) is 1. The van der Waals surface area contributed by atoms with E-state index >= 15 is 0 Å². The van der Waals surface area contributed by atoms with Gasteiger partial charge in [-0.3, -0.25) is 9.59 Å². The molecule has 4 heterocycles. The van der Waals surface area contributed by atoms with Gasteiger partial charge < -0.3 is 24.3 Å². The molecule has 3 aliphatic rings. The molecule has 2 aromatic carbocycles. The van der Waals surface area contributed by atoms with Gasteiger partial charge in [0, 0.05) is 34.1 Å². The molecule has 7 nitrogen and oxygen atoms in total. The van der Waals surface area contributed by atoms with E-state index in [-0.39, 0.29) is 44.1 Å². The monoisotopic (exact) mass is 401 g/mol. The van der Waals surface area contributed by atoms with Crippen molar-refractivity contribution in [2.24, 2.45) is 0 Å². The highest BCUT2D eigenvalue weighted by Crippen LogP contribution is 2.44. The minimum absolute atomic E-state index is 0.0327. The molecule has 1 fully saturated rings. The van der Waals surface area contributed by atoms with Crippen LogP contribution in [0.5, 0.6) is 11.5 Å². The van der Waals surface area contributed by atoms with Gasteiger partial charge in [-0.25, -0.2) is 0 Å². The van der Waals surface area contributed by atoms with Gasteiger partial charge in [-0.15, -0.1) is 0 Å². The van der Waals surface area contributed by atoms with E-state index in [9.17, 15) is 11.0 Å². The lowest BCUT2D eigenvalue weighted by molar-refractivity contribution is -0.157. The van der Waals surface area contributed by atoms with Crippen LogP contribution in [-0.2, 0) is 16.0 Å². The van der Waals surface area contributed by atoms with Gasteiger partial charge in [-0.1, -0.05) is 24.2 Å². The predicted octanol–water partition coefficient (Wildman–Crippen LogP) is 2.21. The first-order valence-electron chi connectivity index (χ1n) is 14.6. The lowest BCUT2D eigenvalue weighted by Crippen LogP contribution is -2.62. The molecule has 0 spiro atoms. The number of piperazine rings is 1. The Morgan fingerprint density at radius 1 is 1.28 bits per heavy atom. The summed E-state index contributed by atoms with van der Waals surface area (Å²) in [5.74, 6) is -3.07. The molecule has 0 bridgehead atoms. The molecule has 0 aliphatic carbocycles. The van der Waals surface area contributed by atoms with Crippen molar-refractivity contribution in [2.75, 3.05) is 20.2 Å². The number of hydrogen-bond donors (Lipinski definition) is 1. The van der Waals surface area contributed by atoms with Crippen LogP contribution in [-0.4, -0.2) is 52.9 Å². The summed E-state index contributed by atoms with van der Waals surface area (Å²) in [5, 5.41) is -0.0754. The highest BCUT2D eigenvalue weighted by Gasteiger charge is 2.47. The van der Waals surface area contributed by atoms with Crippen molar-refractivity contribution in [1.29, 1.82) is 0 Å². The van der Waals surface area contributed by atoms with Crippen LogP contribution in [0.2, 0.25) is 0 Å². The number of aromatic amines is 1. The number of hydrogen-bond acceptors (Lipinski definition) is 4. The molecule has 2 amide bonds. The third kappa shape index (κ3) is 2.24. The number of nitrogens with zero attached hydrogens (tertiary/aromatic N) is 2. The molecule has 6 rings (SSSR count). The zero-order chi connectivity index (χ0) is 30.2. The average Bonchev–Trinajstić information content (AvgIpc) is 3.40. The third-order valence-corrected chi connectivity index (χ3v) is 5.18. The zero-order valence-corrected chi connectivity index (χ0v) is 14.5. The number of rotatable bonds is 1. The van der Waals surface area contributed by atoms with Crippen molar-refractivity contribution < 1.29 is 35.5 Å². The van der Waals surface area contributed by atoms with Gasteiger partial charge in [0.15, 0.2) is 11.5 Å². The van der Waals surface area contributed by atoms with Crippen LogP contribution in [0.25, 0.3) is 10.9 Å². The van der Waals surface area contributed by atoms with E-state index in [0.29, 0.717) is 4.90 Å². The van der Waals surface area contributed by atoms with Gasteiger partial charge in [0.1, 0.15) is 8.78 Å². The predicted molar refractivity (Wildman–Crippen MR) is 105 cm³/mol. The largest absolute Gasteiger partial charge is 0.454 e. The van der Waals surface area contributed by atoms with Crippen molar-refractivity contribution in [2.45, 2.75) is 18.5 Å². The Morgan fingerprint density at radius 2 is 2.14 bits per heavy atom. The Hall–Kier alpha value is -3.48. The minimum Gasteiger partial charge on any atom is -0.454 e. The molecule has 1 saturated heterocycles. The number of nitrogens with one attached hydrogen (secondary N) is 1. The minimum atomic E-state index is -3.41. The van der Waals surface area contributed by atoms with E-state index < -0.39 is 74.7 Å². The van der Waals surface area contributed by atoms with Crippen LogP contribution in [0, 0.1) is 0 Å². The maximum absolute atomic E-state index is 13.8. The second-order valence-corrected chi connectivity index (χ2v) is 6.71. The molecule has 0 radical (unpaired) electrons. The SMILES string of the molecule is [2H]c1c([2H])c([2H])c2c3c([nH]c2c1[2H])[C@@]([2H])(c1ccc2c(c1)OC([2H])([2H])O2)N1C(=O)C([2H])([2H])N(C([2H])([2H])[2H])C(=O)[C@H]1C3. The highest BCUT2D eigenvalue weighted by molar-refractivity contribution is 5.97. The summed E-state index contributed by atoms with van der Waals surface area (Å²) in [7, 11) is 0. The molecule has 1 aromatic heterocycles. The second-order valence-electron chi connectivity index (χ2n) is 6.71. The Kier molecular flexibility index (Phi) is 1.69. The molecule has 3 aromatic rings. The van der Waals surface area contributed by atoms with E-state index in [1.807, 2.05) is 0 Å². The summed E-state index contributed by atoms with van der Waals surface area (Å²) in [4.78, 5) is 30.7. The molecule has 0 saturated carbocycles. The first kappa shape index (κ1) is 8.49. The van der Waals surface area contributed by atoms with Crippen molar-refractivity contribution in [3.8, 4) is 11.5 Å². The molecular weight excluding hydrogens is 370 g/mol. The van der Waals surface area contributed by atoms with Gasteiger partial charge in [0.25, 0.3) is 0 Å². The van der Waals surface area contributed by atoms with Crippen LogP contribution in [0.15, 0.2) is 42.4 Å². The number of fused-ring (bicyclic) bond motifs is 5. The van der Waals surface area contributed by atoms with Gasteiger partial charge >= 0.3 is 0 Å². The maximum atomic E-state index is 13.8. The molecule has 29 heavy (non-hydrogen) atoms. The van der Waals surface area contributed by atoms with Crippen molar-refractivity contribution in [3.05, 3.63) is 59.2 Å². The van der Waals surface area contributed by atoms with Crippen molar-refractivity contribution in [1.82, 2.24) is 14.8 Å². The fourth-order valence-electron chi connectivity index (χ4n) is 3.93. The Labute approximate surface area is 183 Å². The first-order valence-corrected chi connectivity index (χ1v) is 8.64. The molecule has 2 atom stereocenters. The Bertz CT molecular complexity index is 1700. The summed E-state index contributed by atoms with van der Waals surface area (Å²) in [6.45, 7) is -9.34. The highest BCUT2D eigenvalue weighted by atomic mass is 16.7. The number of benzene rings is 2.